The molecule has 0 aliphatic heterocycles. The lowest BCUT2D eigenvalue weighted by molar-refractivity contribution is 0.0604. The van der Waals surface area contributed by atoms with Gasteiger partial charge in [-0.3, -0.25) is 0 Å². The standard InChI is InChI=1S/C11H13IO2/c12-8-4-6-9(7-5-8)14-11-3-1-2-10(11)13/h4-7,10-11,13H,1-3H2/t10-,11-/m0/s1. The summed E-state index contributed by atoms with van der Waals surface area (Å²) in [5, 5.41) is 9.58. The molecule has 0 amide bonds. The van der Waals surface area contributed by atoms with E-state index in [1.165, 1.54) is 3.57 Å². The van der Waals surface area contributed by atoms with E-state index >= 15 is 0 Å². The van der Waals surface area contributed by atoms with Gasteiger partial charge in [-0.15, -0.1) is 0 Å². The number of aliphatic hydroxyl groups excluding tert-OH is 1. The van der Waals surface area contributed by atoms with Crippen LogP contribution >= 0.6 is 22.6 Å². The highest BCUT2D eigenvalue weighted by Crippen LogP contribution is 2.24. The van der Waals surface area contributed by atoms with Crippen LogP contribution in [0.5, 0.6) is 5.75 Å². The zero-order valence-corrected chi connectivity index (χ0v) is 9.98. The predicted octanol–water partition coefficient (Wildman–Crippen LogP) is 2.58. The number of halogens is 1. The van der Waals surface area contributed by atoms with Gasteiger partial charge >= 0.3 is 0 Å². The van der Waals surface area contributed by atoms with Crippen LogP contribution in [-0.4, -0.2) is 17.3 Å². The van der Waals surface area contributed by atoms with E-state index in [1.807, 2.05) is 24.3 Å². The van der Waals surface area contributed by atoms with Crippen LogP contribution in [0.3, 0.4) is 0 Å². The van der Waals surface area contributed by atoms with Crippen molar-refractivity contribution in [2.45, 2.75) is 31.5 Å². The zero-order valence-electron chi connectivity index (χ0n) is 7.82. The van der Waals surface area contributed by atoms with E-state index < -0.39 is 0 Å². The van der Waals surface area contributed by atoms with E-state index in [1.54, 1.807) is 0 Å². The fourth-order valence-corrected chi connectivity index (χ4v) is 2.09. The first-order valence-electron chi connectivity index (χ1n) is 4.86. The third-order valence-electron chi connectivity index (χ3n) is 2.52. The molecule has 0 heterocycles. The van der Waals surface area contributed by atoms with Gasteiger partial charge in [0, 0.05) is 3.57 Å². The number of rotatable bonds is 2. The van der Waals surface area contributed by atoms with Crippen molar-refractivity contribution in [1.82, 2.24) is 0 Å². The minimum atomic E-state index is -0.283. The predicted molar refractivity (Wildman–Crippen MR) is 63.4 cm³/mol. The summed E-state index contributed by atoms with van der Waals surface area (Å²) in [6.45, 7) is 0. The number of hydrogen-bond donors (Lipinski definition) is 1. The fraction of sp³-hybridized carbons (Fsp3) is 0.455. The van der Waals surface area contributed by atoms with Gasteiger partial charge in [0.15, 0.2) is 0 Å². The average molecular weight is 304 g/mol. The number of benzene rings is 1. The lowest BCUT2D eigenvalue weighted by atomic mass is 10.2. The summed E-state index contributed by atoms with van der Waals surface area (Å²) in [6, 6.07) is 7.92. The van der Waals surface area contributed by atoms with Crippen molar-refractivity contribution in [2.75, 3.05) is 0 Å². The molecular formula is C11H13IO2. The zero-order chi connectivity index (χ0) is 9.97. The molecule has 0 aromatic heterocycles. The van der Waals surface area contributed by atoms with Crippen molar-refractivity contribution in [3.8, 4) is 5.75 Å². The lowest BCUT2D eigenvalue weighted by Gasteiger charge is -2.16. The molecule has 1 aromatic rings. The molecule has 1 aromatic carbocycles. The van der Waals surface area contributed by atoms with Crippen LogP contribution in [-0.2, 0) is 0 Å². The van der Waals surface area contributed by atoms with Gasteiger partial charge in [-0.2, -0.15) is 0 Å². The quantitative estimate of drug-likeness (QED) is 0.851. The Labute approximate surface area is 97.4 Å². The van der Waals surface area contributed by atoms with Crippen LogP contribution in [0.4, 0.5) is 0 Å². The van der Waals surface area contributed by atoms with Crippen molar-refractivity contribution in [2.24, 2.45) is 0 Å². The molecule has 1 N–H and O–H groups in total. The topological polar surface area (TPSA) is 29.5 Å². The normalized spacial score (nSPS) is 26.4. The summed E-state index contributed by atoms with van der Waals surface area (Å²) in [6.07, 6.45) is 2.61. The van der Waals surface area contributed by atoms with Crippen molar-refractivity contribution in [3.63, 3.8) is 0 Å². The van der Waals surface area contributed by atoms with Gasteiger partial charge in [-0.25, -0.2) is 0 Å². The Morgan fingerprint density at radius 3 is 2.50 bits per heavy atom. The van der Waals surface area contributed by atoms with E-state index in [2.05, 4.69) is 22.6 Å². The van der Waals surface area contributed by atoms with Crippen LogP contribution < -0.4 is 4.74 Å². The molecule has 1 saturated carbocycles. The van der Waals surface area contributed by atoms with Crippen molar-refractivity contribution >= 4 is 22.6 Å². The van der Waals surface area contributed by atoms with Crippen LogP contribution in [0.2, 0.25) is 0 Å². The maximum Gasteiger partial charge on any atom is 0.124 e. The van der Waals surface area contributed by atoms with Gasteiger partial charge in [-0.1, -0.05) is 0 Å². The maximum atomic E-state index is 9.58. The molecule has 0 saturated heterocycles. The Kier molecular flexibility index (Phi) is 3.28. The van der Waals surface area contributed by atoms with E-state index in [0.717, 1.165) is 25.0 Å². The molecule has 0 bridgehead atoms. The molecule has 2 rings (SSSR count). The minimum absolute atomic E-state index is 0.00457. The first-order chi connectivity index (χ1) is 6.75. The van der Waals surface area contributed by atoms with Gasteiger partial charge < -0.3 is 9.84 Å². The molecule has 76 valence electrons. The Hall–Kier alpha value is -0.290. The third-order valence-corrected chi connectivity index (χ3v) is 3.24. The lowest BCUT2D eigenvalue weighted by Crippen LogP contribution is -2.25. The molecule has 0 spiro atoms. The van der Waals surface area contributed by atoms with E-state index in [0.29, 0.717) is 0 Å². The summed E-state index contributed by atoms with van der Waals surface area (Å²) in [5.74, 6) is 0.858. The van der Waals surface area contributed by atoms with Gasteiger partial charge in [0.1, 0.15) is 11.9 Å². The fourth-order valence-electron chi connectivity index (χ4n) is 1.73. The second-order valence-corrected chi connectivity index (χ2v) is 4.85. The second kappa shape index (κ2) is 4.49. The van der Waals surface area contributed by atoms with Crippen LogP contribution in [0.15, 0.2) is 24.3 Å². The van der Waals surface area contributed by atoms with Gasteiger partial charge in [-0.05, 0) is 66.1 Å². The van der Waals surface area contributed by atoms with Crippen molar-refractivity contribution < 1.29 is 9.84 Å². The molecule has 2 nitrogen and oxygen atoms in total. The molecule has 14 heavy (non-hydrogen) atoms. The number of aliphatic hydroxyl groups is 1. The van der Waals surface area contributed by atoms with Crippen LogP contribution in [0.25, 0.3) is 0 Å². The second-order valence-electron chi connectivity index (χ2n) is 3.61. The average Bonchev–Trinajstić information content (AvgIpc) is 2.56. The Morgan fingerprint density at radius 2 is 1.93 bits per heavy atom. The van der Waals surface area contributed by atoms with Gasteiger partial charge in [0.2, 0.25) is 0 Å². The Morgan fingerprint density at radius 1 is 1.21 bits per heavy atom. The number of ether oxygens (including phenoxy) is 1. The highest BCUT2D eigenvalue weighted by molar-refractivity contribution is 14.1. The Balaban J connectivity index is 2.00. The highest BCUT2D eigenvalue weighted by Gasteiger charge is 2.26. The van der Waals surface area contributed by atoms with Crippen molar-refractivity contribution in [1.29, 1.82) is 0 Å². The molecule has 3 heteroatoms. The summed E-state index contributed by atoms with van der Waals surface area (Å²) in [5.41, 5.74) is 0. The summed E-state index contributed by atoms with van der Waals surface area (Å²) < 4.78 is 6.89. The summed E-state index contributed by atoms with van der Waals surface area (Å²) in [7, 11) is 0. The van der Waals surface area contributed by atoms with Crippen LogP contribution in [0.1, 0.15) is 19.3 Å². The first kappa shape index (κ1) is 10.2. The molecule has 1 aliphatic rings. The number of hydrogen-bond acceptors (Lipinski definition) is 2. The van der Waals surface area contributed by atoms with Gasteiger partial charge in [0.05, 0.1) is 6.10 Å². The monoisotopic (exact) mass is 304 g/mol. The van der Waals surface area contributed by atoms with Crippen LogP contribution in [0, 0.1) is 3.57 Å². The van der Waals surface area contributed by atoms with E-state index in [4.69, 9.17) is 4.74 Å². The highest BCUT2D eigenvalue weighted by atomic mass is 127. The molecule has 1 aliphatic carbocycles. The summed E-state index contributed by atoms with van der Waals surface area (Å²) >= 11 is 2.26. The molecule has 2 atom stereocenters. The van der Waals surface area contributed by atoms with E-state index in [-0.39, 0.29) is 12.2 Å². The van der Waals surface area contributed by atoms with E-state index in [9.17, 15) is 5.11 Å². The third kappa shape index (κ3) is 2.39. The molecule has 1 fully saturated rings. The minimum Gasteiger partial charge on any atom is -0.488 e. The van der Waals surface area contributed by atoms with Gasteiger partial charge in [0.25, 0.3) is 0 Å². The van der Waals surface area contributed by atoms with Crippen molar-refractivity contribution in [3.05, 3.63) is 27.8 Å². The maximum absolute atomic E-state index is 9.58. The molecular weight excluding hydrogens is 291 g/mol. The molecule has 0 radical (unpaired) electrons. The first-order valence-corrected chi connectivity index (χ1v) is 5.94. The SMILES string of the molecule is O[C@H]1CCC[C@@H]1Oc1ccc(I)cc1. The Bertz CT molecular complexity index is 297. The smallest absolute Gasteiger partial charge is 0.124 e. The summed E-state index contributed by atoms with van der Waals surface area (Å²) in [4.78, 5) is 0. The molecule has 0 unspecified atom stereocenters. The largest absolute Gasteiger partial charge is 0.488 e.